The predicted octanol–water partition coefficient (Wildman–Crippen LogP) is 2.51. The molecule has 110 valence electrons. The minimum atomic E-state index is 0.270. The standard InChI is InChI=1S/C17H26N2O/c1-3-18-17(14-7-4-6-13(2)10-14)16-11-19-9-5-8-15(19)12-20-16/h4,6-7,10,15-18H,3,5,8-9,11-12H2,1-2H3. The summed E-state index contributed by atoms with van der Waals surface area (Å²) in [6.45, 7) is 8.52. The monoisotopic (exact) mass is 274 g/mol. The van der Waals surface area contributed by atoms with Gasteiger partial charge >= 0.3 is 0 Å². The molecule has 0 spiro atoms. The van der Waals surface area contributed by atoms with Gasteiger partial charge in [0.1, 0.15) is 0 Å². The second-order valence-electron chi connectivity index (χ2n) is 6.11. The molecule has 2 aliphatic heterocycles. The summed E-state index contributed by atoms with van der Waals surface area (Å²) in [5, 5.41) is 3.62. The largest absolute Gasteiger partial charge is 0.373 e. The van der Waals surface area contributed by atoms with Crippen molar-refractivity contribution in [1.29, 1.82) is 0 Å². The number of nitrogens with zero attached hydrogens (tertiary/aromatic N) is 1. The van der Waals surface area contributed by atoms with Crippen molar-refractivity contribution < 1.29 is 4.74 Å². The third-order valence-corrected chi connectivity index (χ3v) is 4.61. The molecular formula is C17H26N2O. The van der Waals surface area contributed by atoms with Crippen molar-refractivity contribution in [3.63, 3.8) is 0 Å². The summed E-state index contributed by atoms with van der Waals surface area (Å²) in [4.78, 5) is 2.62. The molecule has 20 heavy (non-hydrogen) atoms. The van der Waals surface area contributed by atoms with Gasteiger partial charge in [-0.15, -0.1) is 0 Å². The summed E-state index contributed by atoms with van der Waals surface area (Å²) < 4.78 is 6.20. The molecule has 0 aromatic heterocycles. The van der Waals surface area contributed by atoms with Crippen molar-refractivity contribution in [1.82, 2.24) is 10.2 Å². The highest BCUT2D eigenvalue weighted by Crippen LogP contribution is 2.29. The Morgan fingerprint density at radius 3 is 3.15 bits per heavy atom. The van der Waals surface area contributed by atoms with E-state index in [0.29, 0.717) is 12.1 Å². The number of fused-ring (bicyclic) bond motifs is 1. The van der Waals surface area contributed by atoms with E-state index >= 15 is 0 Å². The van der Waals surface area contributed by atoms with E-state index in [9.17, 15) is 0 Å². The first kappa shape index (κ1) is 14.1. The van der Waals surface area contributed by atoms with Gasteiger partial charge in [-0.3, -0.25) is 4.90 Å². The highest BCUT2D eigenvalue weighted by atomic mass is 16.5. The lowest BCUT2D eigenvalue weighted by molar-refractivity contribution is -0.0650. The molecule has 0 saturated carbocycles. The zero-order valence-electron chi connectivity index (χ0n) is 12.6. The minimum absolute atomic E-state index is 0.270. The topological polar surface area (TPSA) is 24.5 Å². The maximum absolute atomic E-state index is 6.20. The smallest absolute Gasteiger partial charge is 0.0897 e. The van der Waals surface area contributed by atoms with Gasteiger partial charge in [0, 0.05) is 12.6 Å². The zero-order valence-corrected chi connectivity index (χ0v) is 12.6. The summed E-state index contributed by atoms with van der Waals surface area (Å²) in [6.07, 6.45) is 2.91. The first-order valence-electron chi connectivity index (χ1n) is 7.93. The van der Waals surface area contributed by atoms with E-state index < -0.39 is 0 Å². The van der Waals surface area contributed by atoms with Gasteiger partial charge in [-0.25, -0.2) is 0 Å². The maximum Gasteiger partial charge on any atom is 0.0897 e. The van der Waals surface area contributed by atoms with Crippen LogP contribution in [0, 0.1) is 6.92 Å². The molecule has 2 saturated heterocycles. The van der Waals surface area contributed by atoms with Gasteiger partial charge < -0.3 is 10.1 Å². The van der Waals surface area contributed by atoms with Crippen LogP contribution >= 0.6 is 0 Å². The number of aryl methyl sites for hydroxylation is 1. The number of benzene rings is 1. The van der Waals surface area contributed by atoms with Crippen LogP contribution in [-0.2, 0) is 4.74 Å². The molecular weight excluding hydrogens is 248 g/mol. The van der Waals surface area contributed by atoms with E-state index in [-0.39, 0.29) is 6.10 Å². The van der Waals surface area contributed by atoms with Crippen LogP contribution in [0.2, 0.25) is 0 Å². The molecule has 1 N–H and O–H groups in total. The Bertz CT molecular complexity index is 448. The van der Waals surface area contributed by atoms with Gasteiger partial charge in [-0.1, -0.05) is 36.8 Å². The Morgan fingerprint density at radius 1 is 1.45 bits per heavy atom. The van der Waals surface area contributed by atoms with Crippen LogP contribution in [0.3, 0.4) is 0 Å². The van der Waals surface area contributed by atoms with Crippen molar-refractivity contribution in [3.05, 3.63) is 35.4 Å². The van der Waals surface area contributed by atoms with Crippen LogP contribution in [-0.4, -0.2) is 43.3 Å². The van der Waals surface area contributed by atoms with Crippen molar-refractivity contribution >= 4 is 0 Å². The first-order chi connectivity index (χ1) is 9.78. The number of rotatable bonds is 4. The molecule has 0 radical (unpaired) electrons. The fourth-order valence-electron chi connectivity index (χ4n) is 3.59. The third-order valence-electron chi connectivity index (χ3n) is 4.61. The molecule has 0 amide bonds. The SMILES string of the molecule is CCNC(c1cccc(C)c1)C1CN2CCCC2CO1. The van der Waals surface area contributed by atoms with E-state index in [0.717, 1.165) is 19.7 Å². The number of hydrogen-bond donors (Lipinski definition) is 1. The van der Waals surface area contributed by atoms with Gasteiger partial charge in [0.15, 0.2) is 0 Å². The van der Waals surface area contributed by atoms with Gasteiger partial charge in [0.25, 0.3) is 0 Å². The Kier molecular flexibility index (Phi) is 4.39. The first-order valence-corrected chi connectivity index (χ1v) is 7.93. The van der Waals surface area contributed by atoms with Crippen LogP contribution in [0.25, 0.3) is 0 Å². The average molecular weight is 274 g/mol. The van der Waals surface area contributed by atoms with Crippen LogP contribution in [0.4, 0.5) is 0 Å². The summed E-state index contributed by atoms with van der Waals surface area (Å²) in [5.74, 6) is 0. The van der Waals surface area contributed by atoms with Gasteiger partial charge in [-0.2, -0.15) is 0 Å². The molecule has 3 atom stereocenters. The molecule has 3 nitrogen and oxygen atoms in total. The molecule has 2 fully saturated rings. The highest BCUT2D eigenvalue weighted by molar-refractivity contribution is 5.26. The van der Waals surface area contributed by atoms with E-state index in [2.05, 4.69) is 48.3 Å². The van der Waals surface area contributed by atoms with Gasteiger partial charge in [0.2, 0.25) is 0 Å². The van der Waals surface area contributed by atoms with Gasteiger partial charge in [-0.05, 0) is 38.4 Å². The highest BCUT2D eigenvalue weighted by Gasteiger charge is 2.36. The molecule has 1 aromatic carbocycles. The van der Waals surface area contributed by atoms with E-state index in [1.54, 1.807) is 0 Å². The Hall–Kier alpha value is -0.900. The number of nitrogens with one attached hydrogen (secondary N) is 1. The molecule has 3 unspecified atom stereocenters. The maximum atomic E-state index is 6.20. The van der Waals surface area contributed by atoms with E-state index in [1.165, 1.54) is 30.5 Å². The summed E-state index contributed by atoms with van der Waals surface area (Å²) in [5.41, 5.74) is 2.68. The summed E-state index contributed by atoms with van der Waals surface area (Å²) >= 11 is 0. The van der Waals surface area contributed by atoms with E-state index in [4.69, 9.17) is 4.74 Å². The van der Waals surface area contributed by atoms with E-state index in [1.807, 2.05) is 0 Å². The zero-order chi connectivity index (χ0) is 13.9. The van der Waals surface area contributed by atoms with Crippen LogP contribution < -0.4 is 5.32 Å². The van der Waals surface area contributed by atoms with Crippen LogP contribution in [0.5, 0.6) is 0 Å². The van der Waals surface area contributed by atoms with Crippen molar-refractivity contribution in [2.75, 3.05) is 26.2 Å². The molecule has 2 aliphatic rings. The molecule has 0 aliphatic carbocycles. The third kappa shape index (κ3) is 2.90. The van der Waals surface area contributed by atoms with Gasteiger partial charge in [0.05, 0.1) is 18.8 Å². The van der Waals surface area contributed by atoms with Crippen molar-refractivity contribution in [2.24, 2.45) is 0 Å². The molecule has 2 heterocycles. The lowest BCUT2D eigenvalue weighted by Gasteiger charge is -2.39. The number of likely N-dealkylation sites (N-methyl/N-ethyl adjacent to an activating group) is 1. The van der Waals surface area contributed by atoms with Crippen LogP contribution in [0.15, 0.2) is 24.3 Å². The lowest BCUT2D eigenvalue weighted by atomic mass is 9.97. The fourth-order valence-corrected chi connectivity index (χ4v) is 3.59. The van der Waals surface area contributed by atoms with Crippen molar-refractivity contribution in [2.45, 2.75) is 44.9 Å². The second-order valence-corrected chi connectivity index (χ2v) is 6.11. The second kappa shape index (κ2) is 6.25. The quantitative estimate of drug-likeness (QED) is 0.913. The Morgan fingerprint density at radius 2 is 2.35 bits per heavy atom. The number of hydrogen-bond acceptors (Lipinski definition) is 3. The Balaban J connectivity index is 1.76. The Labute approximate surface area is 122 Å². The average Bonchev–Trinajstić information content (AvgIpc) is 2.92. The molecule has 0 bridgehead atoms. The lowest BCUT2D eigenvalue weighted by Crippen LogP contribution is -2.50. The fraction of sp³-hybridized carbons (Fsp3) is 0.647. The van der Waals surface area contributed by atoms with Crippen molar-refractivity contribution in [3.8, 4) is 0 Å². The molecule has 1 aromatic rings. The molecule has 3 rings (SSSR count). The van der Waals surface area contributed by atoms with Crippen LogP contribution in [0.1, 0.15) is 36.9 Å². The number of morpholine rings is 1. The molecule has 3 heteroatoms. The summed E-state index contributed by atoms with van der Waals surface area (Å²) in [6, 6.07) is 9.79. The number of ether oxygens (including phenoxy) is 1. The minimum Gasteiger partial charge on any atom is -0.373 e. The normalized spacial score (nSPS) is 28.3. The summed E-state index contributed by atoms with van der Waals surface area (Å²) in [7, 11) is 0. The predicted molar refractivity (Wildman–Crippen MR) is 81.9 cm³/mol.